The molecule has 0 saturated heterocycles. The molecule has 0 amide bonds. The third-order valence-corrected chi connectivity index (χ3v) is 4.51. The maximum absolute atomic E-state index is 13.2. The Morgan fingerprint density at radius 3 is 1.28 bits per heavy atom. The highest BCUT2D eigenvalue weighted by Crippen LogP contribution is 2.60. The molecule has 0 fully saturated rings. The van der Waals surface area contributed by atoms with Crippen LogP contribution in [0, 0.1) is 0 Å². The minimum Gasteiger partial charge on any atom is -0.200 e. The summed E-state index contributed by atoms with van der Waals surface area (Å²) in [6.07, 6.45) is -9.67. The highest BCUT2D eigenvalue weighted by molar-refractivity contribution is 6.68. The van der Waals surface area contributed by atoms with Gasteiger partial charge in [-0.05, 0) is 0 Å². The zero-order valence-corrected chi connectivity index (χ0v) is 13.7. The fraction of sp³-hybridized carbons (Fsp3) is 1.00. The van der Waals surface area contributed by atoms with Gasteiger partial charge in [0.1, 0.15) is 0 Å². The van der Waals surface area contributed by atoms with E-state index in [0.717, 1.165) is 0 Å². The monoisotopic (exact) mass is 458 g/mol. The molecule has 0 aliphatic carbocycles. The third kappa shape index (κ3) is 4.25. The van der Waals surface area contributed by atoms with Crippen molar-refractivity contribution < 1.29 is 57.1 Å². The SMILES string of the molecule is FC(F)(F)C(F)(F)C(F)(F)C(F)(F)C(F)(F)C(F)(F)CC[Si]C(Cl)Cl. The van der Waals surface area contributed by atoms with Crippen molar-refractivity contribution in [1.29, 1.82) is 0 Å². The van der Waals surface area contributed by atoms with Gasteiger partial charge in [0.05, 0.1) is 14.0 Å². The lowest BCUT2D eigenvalue weighted by atomic mass is 9.93. The van der Waals surface area contributed by atoms with Crippen LogP contribution in [-0.4, -0.2) is 49.8 Å². The number of hydrogen-bond donors (Lipinski definition) is 0. The van der Waals surface area contributed by atoms with Gasteiger partial charge in [0.25, 0.3) is 0 Å². The van der Waals surface area contributed by atoms with Crippen molar-refractivity contribution in [3.8, 4) is 0 Å². The van der Waals surface area contributed by atoms with Crippen molar-refractivity contribution in [1.82, 2.24) is 0 Å². The van der Waals surface area contributed by atoms with E-state index in [2.05, 4.69) is 0 Å². The Labute approximate surface area is 143 Å². The molecule has 0 saturated carbocycles. The highest BCUT2D eigenvalue weighted by Gasteiger charge is 2.90. The van der Waals surface area contributed by atoms with E-state index in [-0.39, 0.29) is 0 Å². The first-order valence-electron chi connectivity index (χ1n) is 5.64. The van der Waals surface area contributed by atoms with Gasteiger partial charge in [-0.3, -0.25) is 0 Å². The normalized spacial score (nSPS) is 15.8. The Balaban J connectivity index is 5.86. The highest BCUT2D eigenvalue weighted by atomic mass is 35.5. The largest absolute Gasteiger partial charge is 0.460 e. The summed E-state index contributed by atoms with van der Waals surface area (Å²) >= 11 is 10.1. The average molecular weight is 459 g/mol. The standard InChI is InChI=1S/C9H5Cl2F13Si/c10-3(11)25-2-1-4(12,13)5(14,15)6(16,17)7(18,19)8(20,21)9(22,23)24/h3H,1-2H2. The average Bonchev–Trinajstić information content (AvgIpc) is 2.35. The summed E-state index contributed by atoms with van der Waals surface area (Å²) in [5.41, 5.74) is 0. The summed E-state index contributed by atoms with van der Waals surface area (Å²) in [6.45, 7) is 0. The molecule has 2 radical (unpaired) electrons. The molecule has 0 atom stereocenters. The Morgan fingerprint density at radius 1 is 0.600 bits per heavy atom. The summed E-state index contributed by atoms with van der Waals surface area (Å²) in [7, 11) is -0.952. The van der Waals surface area contributed by atoms with E-state index in [1.165, 1.54) is 0 Å². The van der Waals surface area contributed by atoms with Gasteiger partial charge in [-0.15, -0.1) is 23.2 Å². The van der Waals surface area contributed by atoms with Gasteiger partial charge in [0, 0.05) is 6.42 Å². The molecular formula is C9H5Cl2F13Si. The molecule has 0 nitrogen and oxygen atoms in total. The van der Waals surface area contributed by atoms with Gasteiger partial charge >= 0.3 is 35.8 Å². The molecule has 0 aromatic carbocycles. The Kier molecular flexibility index (Phi) is 7.10. The molecule has 0 unspecified atom stereocenters. The molecule has 25 heavy (non-hydrogen) atoms. The van der Waals surface area contributed by atoms with Crippen LogP contribution < -0.4 is 0 Å². The molecule has 0 spiro atoms. The van der Waals surface area contributed by atoms with Gasteiger partial charge in [-0.1, -0.05) is 6.04 Å². The molecule has 0 bridgehead atoms. The van der Waals surface area contributed by atoms with Crippen molar-refractivity contribution in [2.24, 2.45) is 0 Å². The van der Waals surface area contributed by atoms with Crippen molar-refractivity contribution >= 4 is 32.7 Å². The van der Waals surface area contributed by atoms with Crippen LogP contribution in [0.4, 0.5) is 57.1 Å². The summed E-state index contributed by atoms with van der Waals surface area (Å²) in [4.78, 5) is 0. The summed E-state index contributed by atoms with van der Waals surface area (Å²) in [5, 5.41) is 0. The van der Waals surface area contributed by atoms with Crippen LogP contribution in [0.5, 0.6) is 0 Å². The Bertz CT molecular complexity index is 459. The predicted molar refractivity (Wildman–Crippen MR) is 61.5 cm³/mol. The molecule has 0 aromatic heterocycles. The fourth-order valence-electron chi connectivity index (χ4n) is 1.30. The van der Waals surface area contributed by atoms with E-state index in [4.69, 9.17) is 23.2 Å². The third-order valence-electron chi connectivity index (χ3n) is 2.74. The van der Waals surface area contributed by atoms with Gasteiger partial charge in [-0.25, -0.2) is 0 Å². The lowest BCUT2D eigenvalue weighted by molar-refractivity contribution is -0.439. The van der Waals surface area contributed by atoms with Crippen LogP contribution in [0.2, 0.25) is 6.04 Å². The van der Waals surface area contributed by atoms with Gasteiger partial charge < -0.3 is 0 Å². The van der Waals surface area contributed by atoms with Gasteiger partial charge in [0.2, 0.25) is 0 Å². The molecule has 0 aliphatic heterocycles. The first kappa shape index (κ1) is 24.9. The number of alkyl halides is 15. The maximum Gasteiger partial charge on any atom is 0.460 e. The summed E-state index contributed by atoms with van der Waals surface area (Å²) < 4.78 is 164. The first-order valence-corrected chi connectivity index (χ1v) is 7.80. The number of rotatable bonds is 8. The molecule has 0 aromatic rings. The van der Waals surface area contributed by atoms with E-state index in [1.54, 1.807) is 0 Å². The number of halogens is 15. The molecular weight excluding hydrogens is 454 g/mol. The fourth-order valence-corrected chi connectivity index (χ4v) is 2.63. The molecule has 0 aliphatic rings. The zero-order chi connectivity index (χ0) is 20.7. The van der Waals surface area contributed by atoms with E-state index < -0.39 is 62.2 Å². The van der Waals surface area contributed by atoms with E-state index in [9.17, 15) is 57.1 Å². The quantitative estimate of drug-likeness (QED) is 0.238. The van der Waals surface area contributed by atoms with Gasteiger partial charge in [-0.2, -0.15) is 57.1 Å². The minimum atomic E-state index is -7.87. The minimum absolute atomic E-state index is 0.952. The van der Waals surface area contributed by atoms with Crippen molar-refractivity contribution in [2.75, 3.05) is 0 Å². The van der Waals surface area contributed by atoms with Crippen LogP contribution in [-0.2, 0) is 0 Å². The smallest absolute Gasteiger partial charge is 0.200 e. The molecule has 0 rings (SSSR count). The van der Waals surface area contributed by atoms with E-state index in [1.807, 2.05) is 0 Å². The van der Waals surface area contributed by atoms with E-state index in [0.29, 0.717) is 0 Å². The summed E-state index contributed by atoms with van der Waals surface area (Å²) in [6, 6.07) is -1.11. The molecule has 16 heteroatoms. The molecule has 0 N–H and O–H groups in total. The summed E-state index contributed by atoms with van der Waals surface area (Å²) in [5.74, 6) is -36.6. The first-order chi connectivity index (χ1) is 10.7. The second kappa shape index (κ2) is 7.13. The van der Waals surface area contributed by atoms with Crippen LogP contribution in [0.25, 0.3) is 0 Å². The maximum atomic E-state index is 13.2. The van der Waals surface area contributed by atoms with Crippen molar-refractivity contribution in [2.45, 2.75) is 52.7 Å². The Morgan fingerprint density at radius 2 is 0.960 bits per heavy atom. The zero-order valence-electron chi connectivity index (χ0n) is 11.2. The van der Waals surface area contributed by atoms with Gasteiger partial charge in [0.15, 0.2) is 0 Å². The lowest BCUT2D eigenvalue weighted by Crippen LogP contribution is -2.70. The molecule has 0 heterocycles. The molecule has 150 valence electrons. The van der Waals surface area contributed by atoms with Crippen LogP contribution in [0.1, 0.15) is 6.42 Å². The number of hydrogen-bond acceptors (Lipinski definition) is 0. The van der Waals surface area contributed by atoms with E-state index >= 15 is 0 Å². The topological polar surface area (TPSA) is 0 Å². The predicted octanol–water partition coefficient (Wildman–Crippen LogP) is 6.00. The second-order valence-electron chi connectivity index (χ2n) is 4.50. The van der Waals surface area contributed by atoms with Crippen LogP contribution >= 0.6 is 23.2 Å². The lowest BCUT2D eigenvalue weighted by Gasteiger charge is -2.39. The Hall–Kier alpha value is -0.113. The van der Waals surface area contributed by atoms with Crippen LogP contribution in [0.3, 0.4) is 0 Å². The van der Waals surface area contributed by atoms with Crippen molar-refractivity contribution in [3.05, 3.63) is 0 Å². The van der Waals surface area contributed by atoms with Crippen LogP contribution in [0.15, 0.2) is 0 Å². The second-order valence-corrected chi connectivity index (χ2v) is 7.82. The van der Waals surface area contributed by atoms with Crippen molar-refractivity contribution in [3.63, 3.8) is 0 Å².